The molecule has 4 N–H and O–H groups in total. The second kappa shape index (κ2) is 6.04. The van der Waals surface area contributed by atoms with Crippen LogP contribution in [0, 0.1) is 0 Å². The number of methoxy groups -OCH3 is 1. The van der Waals surface area contributed by atoms with Crippen molar-refractivity contribution in [1.29, 1.82) is 0 Å². The fourth-order valence-electron chi connectivity index (χ4n) is 2.48. The van der Waals surface area contributed by atoms with E-state index < -0.39 is 12.0 Å². The van der Waals surface area contributed by atoms with Gasteiger partial charge in [0.25, 0.3) is 0 Å². The van der Waals surface area contributed by atoms with Crippen LogP contribution in [-0.2, 0) is 11.2 Å². The van der Waals surface area contributed by atoms with Crippen LogP contribution in [0.5, 0.6) is 5.75 Å². The number of nitrogens with two attached hydrogens (primary N) is 1. The van der Waals surface area contributed by atoms with E-state index in [4.69, 9.17) is 10.5 Å². The molecule has 2 unspecified atom stereocenters. The lowest BCUT2D eigenvalue weighted by atomic mass is 9.87. The zero-order valence-electron chi connectivity index (χ0n) is 11.1. The molecule has 1 aliphatic carbocycles. The summed E-state index contributed by atoms with van der Waals surface area (Å²) in [6.45, 7) is 0.186. The molecule has 2 rings (SSSR count). The van der Waals surface area contributed by atoms with E-state index in [0.29, 0.717) is 0 Å². The lowest BCUT2D eigenvalue weighted by Crippen LogP contribution is -2.39. The van der Waals surface area contributed by atoms with Gasteiger partial charge in [0.15, 0.2) is 0 Å². The van der Waals surface area contributed by atoms with Crippen molar-refractivity contribution >= 4 is 5.91 Å². The number of amides is 1. The summed E-state index contributed by atoms with van der Waals surface area (Å²) in [5.41, 5.74) is 7.51. The molecular weight excluding hydrogens is 244 g/mol. The van der Waals surface area contributed by atoms with Crippen molar-refractivity contribution in [2.45, 2.75) is 31.4 Å². The fraction of sp³-hybridized carbons (Fsp3) is 0.500. The van der Waals surface area contributed by atoms with Gasteiger partial charge in [-0.15, -0.1) is 0 Å². The van der Waals surface area contributed by atoms with E-state index in [1.165, 1.54) is 11.1 Å². The summed E-state index contributed by atoms with van der Waals surface area (Å²) in [5, 5.41) is 12.6. The maximum absolute atomic E-state index is 10.8. The van der Waals surface area contributed by atoms with Gasteiger partial charge >= 0.3 is 0 Å². The quantitative estimate of drug-likeness (QED) is 0.723. The third-order valence-corrected chi connectivity index (χ3v) is 3.55. The van der Waals surface area contributed by atoms with Crippen molar-refractivity contribution in [2.24, 2.45) is 5.73 Å². The number of primary amides is 1. The first kappa shape index (κ1) is 13.8. The molecule has 0 aromatic heterocycles. The van der Waals surface area contributed by atoms with Crippen LogP contribution in [0.3, 0.4) is 0 Å². The molecule has 1 aromatic rings. The maximum Gasteiger partial charge on any atom is 0.247 e. The van der Waals surface area contributed by atoms with Crippen molar-refractivity contribution in [1.82, 2.24) is 5.32 Å². The predicted molar refractivity (Wildman–Crippen MR) is 71.9 cm³/mol. The number of rotatable bonds is 5. The van der Waals surface area contributed by atoms with Gasteiger partial charge in [-0.1, -0.05) is 6.07 Å². The summed E-state index contributed by atoms with van der Waals surface area (Å²) in [7, 11) is 1.66. The summed E-state index contributed by atoms with van der Waals surface area (Å²) >= 11 is 0. The molecule has 1 aromatic carbocycles. The molecule has 19 heavy (non-hydrogen) atoms. The second-order valence-corrected chi connectivity index (χ2v) is 4.84. The molecule has 0 spiro atoms. The number of aliphatic hydroxyl groups excluding tert-OH is 1. The smallest absolute Gasteiger partial charge is 0.247 e. The van der Waals surface area contributed by atoms with Gasteiger partial charge in [0.2, 0.25) is 5.91 Å². The van der Waals surface area contributed by atoms with Crippen LogP contribution in [-0.4, -0.2) is 30.8 Å². The van der Waals surface area contributed by atoms with Crippen molar-refractivity contribution in [3.63, 3.8) is 0 Å². The van der Waals surface area contributed by atoms with Crippen LogP contribution in [0.25, 0.3) is 0 Å². The normalized spacial score (nSPS) is 19.6. The molecule has 0 saturated heterocycles. The van der Waals surface area contributed by atoms with Gasteiger partial charge < -0.3 is 20.9 Å². The number of fused-ring (bicyclic) bond motifs is 1. The SMILES string of the molecule is COc1ccc2c(c1)CCCC2NCC(O)C(N)=O. The summed E-state index contributed by atoms with van der Waals surface area (Å²) in [6.07, 6.45) is 1.96. The highest BCUT2D eigenvalue weighted by Crippen LogP contribution is 2.32. The van der Waals surface area contributed by atoms with E-state index in [1.54, 1.807) is 7.11 Å². The first-order valence-corrected chi connectivity index (χ1v) is 6.49. The van der Waals surface area contributed by atoms with Gasteiger partial charge in [-0.25, -0.2) is 0 Å². The Morgan fingerprint density at radius 2 is 2.42 bits per heavy atom. The van der Waals surface area contributed by atoms with Crippen LogP contribution in [0.1, 0.15) is 30.0 Å². The van der Waals surface area contributed by atoms with E-state index in [-0.39, 0.29) is 12.6 Å². The average molecular weight is 264 g/mol. The highest BCUT2D eigenvalue weighted by molar-refractivity contribution is 5.78. The number of aliphatic hydroxyl groups is 1. The van der Waals surface area contributed by atoms with Crippen LogP contribution < -0.4 is 15.8 Å². The highest BCUT2D eigenvalue weighted by atomic mass is 16.5. The van der Waals surface area contributed by atoms with Crippen molar-refractivity contribution in [3.05, 3.63) is 29.3 Å². The Morgan fingerprint density at radius 1 is 1.63 bits per heavy atom. The summed E-state index contributed by atoms with van der Waals surface area (Å²) in [5.74, 6) is 0.162. The van der Waals surface area contributed by atoms with Crippen LogP contribution in [0.4, 0.5) is 0 Å². The lowest BCUT2D eigenvalue weighted by Gasteiger charge is -2.27. The molecule has 0 bridgehead atoms. The Labute approximate surface area is 112 Å². The number of carbonyl (C=O) groups is 1. The van der Waals surface area contributed by atoms with Crippen molar-refractivity contribution < 1.29 is 14.6 Å². The molecule has 0 radical (unpaired) electrons. The largest absolute Gasteiger partial charge is 0.497 e. The third-order valence-electron chi connectivity index (χ3n) is 3.55. The zero-order valence-corrected chi connectivity index (χ0v) is 11.1. The Hall–Kier alpha value is -1.59. The lowest BCUT2D eigenvalue weighted by molar-refractivity contribution is -0.125. The van der Waals surface area contributed by atoms with E-state index >= 15 is 0 Å². The monoisotopic (exact) mass is 264 g/mol. The van der Waals surface area contributed by atoms with Gasteiger partial charge in [0.1, 0.15) is 11.9 Å². The molecule has 1 amide bonds. The summed E-state index contributed by atoms with van der Waals surface area (Å²) in [4.78, 5) is 10.8. The third kappa shape index (κ3) is 3.24. The highest BCUT2D eigenvalue weighted by Gasteiger charge is 2.21. The van der Waals surface area contributed by atoms with Gasteiger partial charge in [-0.3, -0.25) is 4.79 Å². The molecule has 2 atom stereocenters. The molecule has 104 valence electrons. The molecule has 0 aliphatic heterocycles. The number of ether oxygens (including phenoxy) is 1. The van der Waals surface area contributed by atoms with Crippen molar-refractivity contribution in [2.75, 3.05) is 13.7 Å². The predicted octanol–water partition coefficient (Wildman–Crippen LogP) is 0.508. The maximum atomic E-state index is 10.8. The number of benzene rings is 1. The molecule has 1 aliphatic rings. The van der Waals surface area contributed by atoms with E-state index in [0.717, 1.165) is 25.0 Å². The van der Waals surface area contributed by atoms with E-state index in [1.807, 2.05) is 18.2 Å². The van der Waals surface area contributed by atoms with Gasteiger partial charge in [-0.05, 0) is 42.5 Å². The summed E-state index contributed by atoms with van der Waals surface area (Å²) < 4.78 is 5.22. The number of aryl methyl sites for hydroxylation is 1. The van der Waals surface area contributed by atoms with Crippen LogP contribution in [0.2, 0.25) is 0 Å². The Balaban J connectivity index is 2.07. The number of hydrogen-bond donors (Lipinski definition) is 3. The Bertz CT molecular complexity index is 462. The standard InChI is InChI=1S/C14H20N2O3/c1-19-10-5-6-11-9(7-10)3-2-4-12(11)16-8-13(17)14(15)18/h5-7,12-13,16-17H,2-4,8H2,1H3,(H2,15,18). The minimum Gasteiger partial charge on any atom is -0.497 e. The number of hydrogen-bond acceptors (Lipinski definition) is 4. The zero-order chi connectivity index (χ0) is 13.8. The Kier molecular flexibility index (Phi) is 4.39. The van der Waals surface area contributed by atoms with Gasteiger partial charge in [0, 0.05) is 12.6 Å². The number of nitrogens with one attached hydrogen (secondary N) is 1. The first-order valence-electron chi connectivity index (χ1n) is 6.49. The second-order valence-electron chi connectivity index (χ2n) is 4.84. The minimum atomic E-state index is -1.14. The van der Waals surface area contributed by atoms with Crippen molar-refractivity contribution in [3.8, 4) is 5.75 Å². The molecule has 5 heteroatoms. The van der Waals surface area contributed by atoms with E-state index in [2.05, 4.69) is 5.32 Å². The molecule has 0 fully saturated rings. The van der Waals surface area contributed by atoms with Gasteiger partial charge in [0.05, 0.1) is 7.11 Å². The molecular formula is C14H20N2O3. The van der Waals surface area contributed by atoms with Gasteiger partial charge in [-0.2, -0.15) is 0 Å². The number of carbonyl (C=O) groups excluding carboxylic acids is 1. The van der Waals surface area contributed by atoms with Crippen LogP contribution >= 0.6 is 0 Å². The fourth-order valence-corrected chi connectivity index (χ4v) is 2.48. The Morgan fingerprint density at radius 3 is 3.11 bits per heavy atom. The van der Waals surface area contributed by atoms with E-state index in [9.17, 15) is 9.90 Å². The molecule has 0 heterocycles. The summed E-state index contributed by atoms with van der Waals surface area (Å²) in [6, 6.07) is 6.18. The first-order chi connectivity index (χ1) is 9.11. The molecule has 0 saturated carbocycles. The topological polar surface area (TPSA) is 84.6 Å². The minimum absolute atomic E-state index is 0.156. The van der Waals surface area contributed by atoms with Crippen LogP contribution in [0.15, 0.2) is 18.2 Å². The molecule has 5 nitrogen and oxygen atoms in total. The average Bonchev–Trinajstić information content (AvgIpc) is 2.43.